The zero-order valence-electron chi connectivity index (χ0n) is 12.7. The average molecular weight is 322 g/mol. The van der Waals surface area contributed by atoms with E-state index in [0.717, 1.165) is 24.1 Å². The van der Waals surface area contributed by atoms with Gasteiger partial charge in [-0.2, -0.15) is 0 Å². The molecule has 0 aliphatic heterocycles. The molecule has 0 spiro atoms. The van der Waals surface area contributed by atoms with Crippen molar-refractivity contribution in [3.63, 3.8) is 0 Å². The van der Waals surface area contributed by atoms with Crippen molar-refractivity contribution in [3.8, 4) is 17.1 Å². The molecule has 1 aromatic carbocycles. The van der Waals surface area contributed by atoms with E-state index >= 15 is 0 Å². The molecule has 22 heavy (non-hydrogen) atoms. The number of nitrogens with zero attached hydrogens (tertiary/aromatic N) is 1. The molecule has 1 aliphatic carbocycles. The molecule has 0 unspecified atom stereocenters. The van der Waals surface area contributed by atoms with E-state index in [2.05, 4.69) is 9.88 Å². The highest BCUT2D eigenvalue weighted by Crippen LogP contribution is 2.33. The van der Waals surface area contributed by atoms with Gasteiger partial charge in [0.15, 0.2) is 5.76 Å². The molecule has 0 bridgehead atoms. The Kier molecular flexibility index (Phi) is 3.70. The Morgan fingerprint density at radius 1 is 1.32 bits per heavy atom. The summed E-state index contributed by atoms with van der Waals surface area (Å²) >= 11 is 0. The number of aromatic nitrogens is 1. The van der Waals surface area contributed by atoms with Crippen LogP contribution in [0.2, 0.25) is 0 Å². The molecule has 1 aromatic heterocycles. The summed E-state index contributed by atoms with van der Waals surface area (Å²) in [6.45, 7) is 3.74. The highest BCUT2D eigenvalue weighted by atomic mass is 32.2. The topological polar surface area (TPSA) is 81.4 Å². The lowest BCUT2D eigenvalue weighted by atomic mass is 10.1. The third-order valence-electron chi connectivity index (χ3n) is 3.77. The SMILES string of the molecule is COc1ccc(-c2onc(C)c2C)cc1S(=O)(=O)NC1CC1. The van der Waals surface area contributed by atoms with Crippen LogP contribution in [0.25, 0.3) is 11.3 Å². The molecule has 1 saturated carbocycles. The molecule has 7 heteroatoms. The van der Waals surface area contributed by atoms with Crippen LogP contribution in [0.3, 0.4) is 0 Å². The van der Waals surface area contributed by atoms with E-state index < -0.39 is 10.0 Å². The minimum atomic E-state index is -3.61. The van der Waals surface area contributed by atoms with E-state index in [-0.39, 0.29) is 10.9 Å². The Hall–Kier alpha value is -1.86. The molecule has 0 atom stereocenters. The fraction of sp³-hybridized carbons (Fsp3) is 0.400. The molecule has 6 nitrogen and oxygen atoms in total. The number of hydrogen-bond acceptors (Lipinski definition) is 5. The first-order chi connectivity index (χ1) is 10.4. The summed E-state index contributed by atoms with van der Waals surface area (Å²) in [6, 6.07) is 5.00. The van der Waals surface area contributed by atoms with Crippen molar-refractivity contribution in [2.45, 2.75) is 37.6 Å². The molecule has 0 saturated heterocycles. The summed E-state index contributed by atoms with van der Waals surface area (Å²) in [5, 5.41) is 3.91. The van der Waals surface area contributed by atoms with Gasteiger partial charge in [-0.3, -0.25) is 0 Å². The first-order valence-corrected chi connectivity index (χ1v) is 8.54. The summed E-state index contributed by atoms with van der Waals surface area (Å²) < 4.78 is 38.2. The number of rotatable bonds is 5. The van der Waals surface area contributed by atoms with Gasteiger partial charge in [0.05, 0.1) is 12.8 Å². The van der Waals surface area contributed by atoms with Gasteiger partial charge in [0.1, 0.15) is 10.6 Å². The molecule has 0 amide bonds. The molecular formula is C15H18N2O4S. The van der Waals surface area contributed by atoms with Gasteiger partial charge in [-0.15, -0.1) is 0 Å². The van der Waals surface area contributed by atoms with Crippen molar-refractivity contribution in [1.29, 1.82) is 0 Å². The summed E-state index contributed by atoms with van der Waals surface area (Å²) in [4.78, 5) is 0.118. The first kappa shape index (κ1) is 15.1. The van der Waals surface area contributed by atoms with Gasteiger partial charge in [-0.1, -0.05) is 5.16 Å². The Morgan fingerprint density at radius 3 is 2.59 bits per heavy atom. The maximum Gasteiger partial charge on any atom is 0.244 e. The predicted octanol–water partition coefficient (Wildman–Crippen LogP) is 2.41. The molecule has 118 valence electrons. The molecule has 0 radical (unpaired) electrons. The predicted molar refractivity (Wildman–Crippen MR) is 81.3 cm³/mol. The largest absolute Gasteiger partial charge is 0.495 e. The maximum atomic E-state index is 12.5. The lowest BCUT2D eigenvalue weighted by Gasteiger charge is -2.11. The first-order valence-electron chi connectivity index (χ1n) is 7.06. The molecule has 1 aliphatic rings. The number of ether oxygens (including phenoxy) is 1. The quantitative estimate of drug-likeness (QED) is 0.914. The number of nitrogens with one attached hydrogen (secondary N) is 1. The van der Waals surface area contributed by atoms with Crippen LogP contribution in [0.4, 0.5) is 0 Å². The number of sulfonamides is 1. The van der Waals surface area contributed by atoms with Crippen LogP contribution in [0.5, 0.6) is 5.75 Å². The monoisotopic (exact) mass is 322 g/mol. The average Bonchev–Trinajstić information content (AvgIpc) is 3.23. The van der Waals surface area contributed by atoms with Crippen LogP contribution < -0.4 is 9.46 Å². The van der Waals surface area contributed by atoms with Gasteiger partial charge >= 0.3 is 0 Å². The fourth-order valence-corrected chi connectivity index (χ4v) is 3.70. The van der Waals surface area contributed by atoms with Gasteiger partial charge in [0.25, 0.3) is 0 Å². The standard InChI is InChI=1S/C15H18N2O4S/c1-9-10(2)16-21-15(9)11-4-7-13(20-3)14(8-11)22(18,19)17-12-5-6-12/h4,7-8,12,17H,5-6H2,1-3H3. The minimum Gasteiger partial charge on any atom is -0.495 e. The smallest absolute Gasteiger partial charge is 0.244 e. The number of hydrogen-bond donors (Lipinski definition) is 1. The zero-order valence-corrected chi connectivity index (χ0v) is 13.5. The van der Waals surface area contributed by atoms with E-state index in [1.807, 2.05) is 13.8 Å². The summed E-state index contributed by atoms with van der Waals surface area (Å²) in [5.74, 6) is 0.883. The second-order valence-electron chi connectivity index (χ2n) is 5.48. The van der Waals surface area contributed by atoms with Crippen molar-refractivity contribution < 1.29 is 17.7 Å². The van der Waals surface area contributed by atoms with Crippen LogP contribution in [-0.4, -0.2) is 26.7 Å². The van der Waals surface area contributed by atoms with Gasteiger partial charge in [0, 0.05) is 17.2 Å². The summed E-state index contributed by atoms with van der Waals surface area (Å²) in [6.07, 6.45) is 1.75. The Balaban J connectivity index is 2.08. The molecule has 1 fully saturated rings. The van der Waals surface area contributed by atoms with E-state index in [1.54, 1.807) is 18.2 Å². The number of aryl methyl sites for hydroxylation is 1. The van der Waals surface area contributed by atoms with E-state index in [0.29, 0.717) is 17.1 Å². The van der Waals surface area contributed by atoms with Crippen molar-refractivity contribution in [3.05, 3.63) is 29.5 Å². The summed E-state index contributed by atoms with van der Waals surface area (Å²) in [5.41, 5.74) is 2.34. The Morgan fingerprint density at radius 2 is 2.05 bits per heavy atom. The van der Waals surface area contributed by atoms with Crippen molar-refractivity contribution >= 4 is 10.0 Å². The Labute approximate surface area is 129 Å². The molecule has 1 N–H and O–H groups in total. The highest BCUT2D eigenvalue weighted by molar-refractivity contribution is 7.89. The third kappa shape index (κ3) is 2.74. The summed E-state index contributed by atoms with van der Waals surface area (Å²) in [7, 11) is -2.16. The second-order valence-corrected chi connectivity index (χ2v) is 7.17. The van der Waals surface area contributed by atoms with Crippen LogP contribution in [0, 0.1) is 13.8 Å². The lowest BCUT2D eigenvalue weighted by Crippen LogP contribution is -2.26. The third-order valence-corrected chi connectivity index (χ3v) is 5.31. The second kappa shape index (κ2) is 5.40. The molecule has 3 rings (SSSR count). The zero-order chi connectivity index (χ0) is 15.9. The molecular weight excluding hydrogens is 304 g/mol. The fourth-order valence-electron chi connectivity index (χ4n) is 2.20. The minimum absolute atomic E-state index is 0.0348. The van der Waals surface area contributed by atoms with Crippen molar-refractivity contribution in [1.82, 2.24) is 9.88 Å². The van der Waals surface area contributed by atoms with Crippen molar-refractivity contribution in [2.24, 2.45) is 0 Å². The van der Waals surface area contributed by atoms with E-state index in [4.69, 9.17) is 9.26 Å². The van der Waals surface area contributed by atoms with Crippen LogP contribution >= 0.6 is 0 Å². The van der Waals surface area contributed by atoms with E-state index in [9.17, 15) is 8.42 Å². The molecule has 2 aromatic rings. The number of benzene rings is 1. The lowest BCUT2D eigenvalue weighted by molar-refractivity contribution is 0.402. The van der Waals surface area contributed by atoms with Gasteiger partial charge in [0.2, 0.25) is 10.0 Å². The van der Waals surface area contributed by atoms with Gasteiger partial charge in [-0.25, -0.2) is 13.1 Å². The maximum absolute atomic E-state index is 12.5. The van der Waals surface area contributed by atoms with Crippen LogP contribution in [-0.2, 0) is 10.0 Å². The highest BCUT2D eigenvalue weighted by Gasteiger charge is 2.30. The van der Waals surface area contributed by atoms with Crippen molar-refractivity contribution in [2.75, 3.05) is 7.11 Å². The number of methoxy groups -OCH3 is 1. The van der Waals surface area contributed by atoms with Gasteiger partial charge < -0.3 is 9.26 Å². The van der Waals surface area contributed by atoms with Gasteiger partial charge in [-0.05, 0) is 44.9 Å². The molecule has 1 heterocycles. The normalized spacial score (nSPS) is 15.0. The Bertz CT molecular complexity index is 807. The van der Waals surface area contributed by atoms with Crippen LogP contribution in [0.1, 0.15) is 24.1 Å². The van der Waals surface area contributed by atoms with Crippen LogP contribution in [0.15, 0.2) is 27.6 Å². The van der Waals surface area contributed by atoms with E-state index in [1.165, 1.54) is 7.11 Å².